The van der Waals surface area contributed by atoms with Gasteiger partial charge in [-0.2, -0.15) is 0 Å². The first kappa shape index (κ1) is 13.5. The quantitative estimate of drug-likeness (QED) is 0.894. The Morgan fingerprint density at radius 2 is 2.11 bits per heavy atom. The van der Waals surface area contributed by atoms with E-state index in [2.05, 4.69) is 42.2 Å². The van der Waals surface area contributed by atoms with Crippen molar-refractivity contribution < 1.29 is 4.74 Å². The van der Waals surface area contributed by atoms with Gasteiger partial charge in [-0.05, 0) is 28.1 Å². The Morgan fingerprint density at radius 1 is 1.39 bits per heavy atom. The molecule has 96 valence electrons. The van der Waals surface area contributed by atoms with Gasteiger partial charge in [0.1, 0.15) is 5.75 Å². The van der Waals surface area contributed by atoms with Crippen molar-refractivity contribution in [1.82, 2.24) is 15.0 Å². The second-order valence-corrected chi connectivity index (χ2v) is 5.42. The number of aromatic nitrogens is 3. The van der Waals surface area contributed by atoms with Crippen molar-refractivity contribution in [2.45, 2.75) is 6.04 Å². The molecule has 1 aromatic carbocycles. The fraction of sp³-hybridized carbons (Fsp3) is 0.273. The molecule has 0 spiro atoms. The highest BCUT2D eigenvalue weighted by atomic mass is 79.9. The molecule has 0 radical (unpaired) electrons. The van der Waals surface area contributed by atoms with E-state index in [4.69, 9.17) is 10.5 Å². The number of nitrogens with two attached hydrogens (primary N) is 1. The Kier molecular flexibility index (Phi) is 4.04. The molecule has 1 unspecified atom stereocenters. The molecule has 1 atom stereocenters. The molecule has 2 aromatic rings. The second-order valence-electron chi connectivity index (χ2n) is 3.75. The summed E-state index contributed by atoms with van der Waals surface area (Å²) in [6.45, 7) is 0. The highest BCUT2D eigenvalue weighted by molar-refractivity contribution is 9.10. The molecule has 1 heterocycles. The average molecular weight is 376 g/mol. The minimum Gasteiger partial charge on any atom is -0.496 e. The van der Waals surface area contributed by atoms with Gasteiger partial charge in [-0.15, -0.1) is 5.10 Å². The summed E-state index contributed by atoms with van der Waals surface area (Å²) < 4.78 is 8.58. The van der Waals surface area contributed by atoms with Gasteiger partial charge in [0.25, 0.3) is 0 Å². The fourth-order valence-electron chi connectivity index (χ4n) is 1.76. The van der Waals surface area contributed by atoms with Gasteiger partial charge in [-0.25, -0.2) is 4.68 Å². The number of aryl methyl sites for hydroxylation is 1. The summed E-state index contributed by atoms with van der Waals surface area (Å²) in [5.74, 6) is 0.727. The van der Waals surface area contributed by atoms with Crippen molar-refractivity contribution in [3.05, 3.63) is 38.5 Å². The highest BCUT2D eigenvalue weighted by Gasteiger charge is 2.21. The van der Waals surface area contributed by atoms with E-state index in [1.807, 2.05) is 18.2 Å². The van der Waals surface area contributed by atoms with Crippen LogP contribution < -0.4 is 10.5 Å². The highest BCUT2D eigenvalue weighted by Crippen LogP contribution is 2.32. The first-order chi connectivity index (χ1) is 8.54. The van der Waals surface area contributed by atoms with Crippen LogP contribution >= 0.6 is 31.9 Å². The lowest BCUT2D eigenvalue weighted by Crippen LogP contribution is -2.17. The maximum Gasteiger partial charge on any atom is 0.153 e. The Labute approximate surface area is 122 Å². The minimum absolute atomic E-state index is 0.359. The van der Waals surface area contributed by atoms with Crippen molar-refractivity contribution in [2.24, 2.45) is 12.8 Å². The van der Waals surface area contributed by atoms with Crippen LogP contribution in [0.1, 0.15) is 17.3 Å². The lowest BCUT2D eigenvalue weighted by atomic mass is 10.0. The summed E-state index contributed by atoms with van der Waals surface area (Å²) in [6.07, 6.45) is 0. The lowest BCUT2D eigenvalue weighted by Gasteiger charge is -2.16. The summed E-state index contributed by atoms with van der Waals surface area (Å²) in [4.78, 5) is 0. The normalized spacial score (nSPS) is 12.5. The SMILES string of the molecule is COc1cc(Br)ccc1C(N)c1c(Br)nnn1C. The number of benzene rings is 1. The van der Waals surface area contributed by atoms with Crippen LogP contribution in [0.5, 0.6) is 5.75 Å². The average Bonchev–Trinajstić information content (AvgIpc) is 2.68. The number of ether oxygens (including phenoxy) is 1. The van der Waals surface area contributed by atoms with E-state index in [1.165, 1.54) is 0 Å². The molecule has 5 nitrogen and oxygen atoms in total. The van der Waals surface area contributed by atoms with Gasteiger partial charge in [0.15, 0.2) is 4.60 Å². The van der Waals surface area contributed by atoms with Gasteiger partial charge in [-0.3, -0.25) is 0 Å². The summed E-state index contributed by atoms with van der Waals surface area (Å²) in [5, 5.41) is 7.86. The number of hydrogen-bond donors (Lipinski definition) is 1. The zero-order chi connectivity index (χ0) is 13.3. The van der Waals surface area contributed by atoms with Gasteiger partial charge in [0.05, 0.1) is 18.8 Å². The molecular formula is C11H12Br2N4O. The predicted octanol–water partition coefficient (Wildman–Crippen LogP) is 2.40. The Morgan fingerprint density at radius 3 is 2.67 bits per heavy atom. The molecule has 1 aromatic heterocycles. The zero-order valence-corrected chi connectivity index (χ0v) is 13.1. The third-order valence-corrected chi connectivity index (χ3v) is 3.71. The van der Waals surface area contributed by atoms with E-state index < -0.39 is 0 Å². The van der Waals surface area contributed by atoms with Gasteiger partial charge in [-0.1, -0.05) is 27.2 Å². The maximum atomic E-state index is 6.26. The van der Waals surface area contributed by atoms with Crippen LogP contribution in [0.3, 0.4) is 0 Å². The standard InChI is InChI=1S/C11H12Br2N4O/c1-17-10(11(13)15-16-17)9(14)7-4-3-6(12)5-8(7)18-2/h3-5,9H,14H2,1-2H3. The van der Waals surface area contributed by atoms with Crippen LogP contribution in [0.15, 0.2) is 27.3 Å². The van der Waals surface area contributed by atoms with Crippen molar-refractivity contribution in [3.8, 4) is 5.75 Å². The van der Waals surface area contributed by atoms with E-state index in [0.29, 0.717) is 4.60 Å². The van der Waals surface area contributed by atoms with Gasteiger partial charge in [0, 0.05) is 17.1 Å². The summed E-state index contributed by atoms with van der Waals surface area (Å²) in [5.41, 5.74) is 7.95. The molecule has 0 saturated carbocycles. The van der Waals surface area contributed by atoms with Crippen LogP contribution in [0.25, 0.3) is 0 Å². The minimum atomic E-state index is -0.359. The second kappa shape index (κ2) is 5.38. The number of rotatable bonds is 3. The number of halogens is 2. The van der Waals surface area contributed by atoms with Gasteiger partial charge >= 0.3 is 0 Å². The van der Waals surface area contributed by atoms with Crippen LogP contribution in [0.4, 0.5) is 0 Å². The predicted molar refractivity (Wildman–Crippen MR) is 75.4 cm³/mol. The monoisotopic (exact) mass is 374 g/mol. The molecule has 0 fully saturated rings. The topological polar surface area (TPSA) is 66.0 Å². The largest absolute Gasteiger partial charge is 0.496 e. The van der Waals surface area contributed by atoms with Crippen molar-refractivity contribution >= 4 is 31.9 Å². The summed E-state index contributed by atoms with van der Waals surface area (Å²) >= 11 is 6.76. The fourth-order valence-corrected chi connectivity index (χ4v) is 2.67. The molecule has 0 amide bonds. The maximum absolute atomic E-state index is 6.26. The number of hydrogen-bond acceptors (Lipinski definition) is 4. The van der Waals surface area contributed by atoms with E-state index in [1.54, 1.807) is 18.8 Å². The summed E-state index contributed by atoms with van der Waals surface area (Å²) in [6, 6.07) is 5.37. The van der Waals surface area contributed by atoms with Crippen LogP contribution in [-0.4, -0.2) is 22.1 Å². The van der Waals surface area contributed by atoms with Crippen molar-refractivity contribution in [3.63, 3.8) is 0 Å². The molecule has 0 aliphatic rings. The van der Waals surface area contributed by atoms with Crippen molar-refractivity contribution in [1.29, 1.82) is 0 Å². The molecular weight excluding hydrogens is 364 g/mol. The van der Waals surface area contributed by atoms with Crippen LogP contribution in [-0.2, 0) is 7.05 Å². The first-order valence-electron chi connectivity index (χ1n) is 5.18. The Hall–Kier alpha value is -0.920. The molecule has 0 saturated heterocycles. The van der Waals surface area contributed by atoms with E-state index in [9.17, 15) is 0 Å². The molecule has 2 rings (SSSR count). The Bertz CT molecular complexity index is 551. The third kappa shape index (κ3) is 2.43. The lowest BCUT2D eigenvalue weighted by molar-refractivity contribution is 0.406. The molecule has 0 aliphatic carbocycles. The van der Waals surface area contributed by atoms with E-state index in [-0.39, 0.29) is 6.04 Å². The van der Waals surface area contributed by atoms with Crippen LogP contribution in [0.2, 0.25) is 0 Å². The number of methoxy groups -OCH3 is 1. The summed E-state index contributed by atoms with van der Waals surface area (Å²) in [7, 11) is 3.42. The molecule has 0 bridgehead atoms. The van der Waals surface area contributed by atoms with E-state index >= 15 is 0 Å². The smallest absolute Gasteiger partial charge is 0.153 e. The van der Waals surface area contributed by atoms with Crippen molar-refractivity contribution in [2.75, 3.05) is 7.11 Å². The zero-order valence-electron chi connectivity index (χ0n) is 9.89. The Balaban J connectivity index is 2.49. The van der Waals surface area contributed by atoms with Crippen LogP contribution in [0, 0.1) is 0 Å². The van der Waals surface area contributed by atoms with Gasteiger partial charge in [0.2, 0.25) is 0 Å². The molecule has 0 aliphatic heterocycles. The molecule has 18 heavy (non-hydrogen) atoms. The number of nitrogens with zero attached hydrogens (tertiary/aromatic N) is 3. The van der Waals surface area contributed by atoms with Gasteiger partial charge < -0.3 is 10.5 Å². The third-order valence-electron chi connectivity index (χ3n) is 2.65. The molecule has 2 N–H and O–H groups in total. The first-order valence-corrected chi connectivity index (χ1v) is 6.77. The molecule has 7 heteroatoms. The van der Waals surface area contributed by atoms with E-state index in [0.717, 1.165) is 21.5 Å².